The van der Waals surface area contributed by atoms with Crippen molar-refractivity contribution >= 4 is 82.4 Å². The first-order valence-corrected chi connectivity index (χ1v) is 16.9. The van der Waals surface area contributed by atoms with Crippen LogP contribution in [0, 0.1) is 0 Å². The zero-order valence-corrected chi connectivity index (χ0v) is 26.6. The maximum atomic E-state index is 5.14. The number of rotatable bonds is 2. The fraction of sp³-hybridized carbons (Fsp3) is 0.0217. The van der Waals surface area contributed by atoms with Crippen LogP contribution in [0.2, 0.25) is 0 Å². The van der Waals surface area contributed by atoms with Crippen LogP contribution in [-0.4, -0.2) is 15.9 Å². The molecule has 8 aromatic carbocycles. The summed E-state index contributed by atoms with van der Waals surface area (Å²) in [7, 11) is 0. The number of pyridine rings is 1. The van der Waals surface area contributed by atoms with E-state index in [-0.39, 0.29) is 0 Å². The lowest BCUT2D eigenvalue weighted by Crippen LogP contribution is -2.06. The average Bonchev–Trinajstić information content (AvgIpc) is 3.57. The summed E-state index contributed by atoms with van der Waals surface area (Å²) in [6, 6.07) is 53.4. The van der Waals surface area contributed by atoms with Crippen molar-refractivity contribution < 1.29 is 0 Å². The highest BCUT2D eigenvalue weighted by Crippen LogP contribution is 2.42. The van der Waals surface area contributed by atoms with Gasteiger partial charge < -0.3 is 5.32 Å². The average molecular weight is 624 g/mol. The molecule has 49 heavy (non-hydrogen) atoms. The number of imidazole rings is 1. The first-order chi connectivity index (χ1) is 24.3. The number of aromatic nitrogens is 2. The fourth-order valence-electron chi connectivity index (χ4n) is 8.29. The quantitative estimate of drug-likeness (QED) is 0.194. The van der Waals surface area contributed by atoms with Gasteiger partial charge in [0.05, 0.1) is 22.2 Å². The van der Waals surface area contributed by atoms with E-state index < -0.39 is 0 Å². The van der Waals surface area contributed by atoms with E-state index in [1.807, 2.05) is 0 Å². The van der Waals surface area contributed by atoms with Crippen molar-refractivity contribution in [3.8, 4) is 22.3 Å². The second-order valence-electron chi connectivity index (χ2n) is 13.2. The van der Waals surface area contributed by atoms with Gasteiger partial charge in [0.15, 0.2) is 0 Å². The molecule has 1 aliphatic rings. The van der Waals surface area contributed by atoms with Crippen molar-refractivity contribution in [3.05, 3.63) is 157 Å². The predicted molar refractivity (Wildman–Crippen MR) is 209 cm³/mol. The van der Waals surface area contributed by atoms with E-state index in [9.17, 15) is 0 Å². The van der Waals surface area contributed by atoms with Gasteiger partial charge in [-0.15, -0.1) is 0 Å². The minimum Gasteiger partial charge on any atom is -0.381 e. The summed E-state index contributed by atoms with van der Waals surface area (Å²) in [5.41, 5.74) is 11.5. The fourth-order valence-corrected chi connectivity index (χ4v) is 8.29. The molecule has 0 fully saturated rings. The lowest BCUT2D eigenvalue weighted by molar-refractivity contribution is 1.30. The van der Waals surface area contributed by atoms with E-state index in [2.05, 4.69) is 167 Å². The van der Waals surface area contributed by atoms with Crippen molar-refractivity contribution in [2.24, 2.45) is 0 Å². The van der Waals surface area contributed by atoms with Gasteiger partial charge in [-0.25, -0.2) is 4.98 Å². The van der Waals surface area contributed by atoms with Crippen molar-refractivity contribution in [2.45, 2.75) is 0 Å². The Balaban J connectivity index is 1.14. The van der Waals surface area contributed by atoms with Crippen molar-refractivity contribution in [1.82, 2.24) is 9.38 Å². The number of nitrogens with one attached hydrogen (secondary N) is 1. The maximum Gasteiger partial charge on any atom is 0.146 e. The molecule has 0 aliphatic carbocycles. The van der Waals surface area contributed by atoms with Gasteiger partial charge in [0.2, 0.25) is 0 Å². The smallest absolute Gasteiger partial charge is 0.146 e. The van der Waals surface area contributed by atoms with E-state index in [0.717, 1.165) is 34.1 Å². The minimum absolute atomic E-state index is 0.813. The van der Waals surface area contributed by atoms with Crippen LogP contribution in [0.15, 0.2) is 152 Å². The largest absolute Gasteiger partial charge is 0.381 e. The summed E-state index contributed by atoms with van der Waals surface area (Å²) in [6.45, 7) is 0.813. The van der Waals surface area contributed by atoms with Crippen LogP contribution in [0.4, 0.5) is 5.69 Å². The first-order valence-electron chi connectivity index (χ1n) is 16.9. The molecule has 2 aromatic heterocycles. The Morgan fingerprint density at radius 2 is 1.08 bits per heavy atom. The molecule has 1 N–H and O–H groups in total. The number of anilines is 1. The van der Waals surface area contributed by atoms with Gasteiger partial charge in [0.25, 0.3) is 0 Å². The van der Waals surface area contributed by atoms with Gasteiger partial charge >= 0.3 is 0 Å². The van der Waals surface area contributed by atoms with Crippen LogP contribution in [0.3, 0.4) is 0 Å². The van der Waals surface area contributed by atoms with Crippen LogP contribution in [-0.2, 0) is 0 Å². The highest BCUT2D eigenvalue weighted by molar-refractivity contribution is 6.26. The Kier molecular flexibility index (Phi) is 5.44. The van der Waals surface area contributed by atoms with E-state index in [4.69, 9.17) is 4.98 Å². The first kappa shape index (κ1) is 26.6. The standard InChI is InChI=1S/C46H29N3/c1-2-14-35-33(12-1)34-13-3-4-15-36(34)39-26-31(19-21-37(35)39)29-9-7-10-30(25-29)32-20-23-42-40(27-32)44-38(22-18-28-11-8-24-47-45(28)44)46-48-41-16-5-6-17-43(41)49(42)46/h1-23,25-27,47H,24H2. The molecule has 1 aliphatic heterocycles. The van der Waals surface area contributed by atoms with E-state index in [0.29, 0.717) is 0 Å². The predicted octanol–water partition coefficient (Wildman–Crippen LogP) is 12.0. The zero-order valence-electron chi connectivity index (χ0n) is 26.6. The summed E-state index contributed by atoms with van der Waals surface area (Å²) >= 11 is 0. The van der Waals surface area contributed by atoms with Crippen molar-refractivity contribution in [1.29, 1.82) is 0 Å². The third kappa shape index (κ3) is 3.81. The van der Waals surface area contributed by atoms with E-state index >= 15 is 0 Å². The summed E-state index contributed by atoms with van der Waals surface area (Å²) in [6.07, 6.45) is 4.42. The van der Waals surface area contributed by atoms with Gasteiger partial charge in [0, 0.05) is 22.7 Å². The summed E-state index contributed by atoms with van der Waals surface area (Å²) in [4.78, 5) is 5.14. The molecule has 11 rings (SSSR count). The molecule has 3 heteroatoms. The minimum atomic E-state index is 0.813. The van der Waals surface area contributed by atoms with Gasteiger partial charge in [0.1, 0.15) is 5.65 Å². The number of hydrogen-bond donors (Lipinski definition) is 1. The Labute approximate surface area is 282 Å². The molecule has 0 saturated carbocycles. The highest BCUT2D eigenvalue weighted by Gasteiger charge is 2.19. The molecule has 0 saturated heterocycles. The summed E-state index contributed by atoms with van der Waals surface area (Å²) in [5.74, 6) is 0. The molecular formula is C46H29N3. The molecule has 10 aromatic rings. The second-order valence-corrected chi connectivity index (χ2v) is 13.2. The number of fused-ring (bicyclic) bond motifs is 16. The van der Waals surface area contributed by atoms with Gasteiger partial charge in [-0.05, 0) is 103 Å². The topological polar surface area (TPSA) is 29.3 Å². The van der Waals surface area contributed by atoms with Crippen LogP contribution < -0.4 is 5.32 Å². The third-order valence-corrected chi connectivity index (χ3v) is 10.5. The van der Waals surface area contributed by atoms with E-state index in [1.54, 1.807) is 0 Å². The lowest BCUT2D eigenvalue weighted by atomic mass is 9.91. The Morgan fingerprint density at radius 3 is 1.86 bits per heavy atom. The second kappa shape index (κ2) is 10.0. The van der Waals surface area contributed by atoms with Gasteiger partial charge in [-0.3, -0.25) is 4.40 Å². The van der Waals surface area contributed by atoms with Crippen LogP contribution in [0.5, 0.6) is 0 Å². The molecule has 0 amide bonds. The van der Waals surface area contributed by atoms with Crippen LogP contribution in [0.25, 0.3) is 99.0 Å². The van der Waals surface area contributed by atoms with Crippen molar-refractivity contribution in [2.75, 3.05) is 11.9 Å². The summed E-state index contributed by atoms with van der Waals surface area (Å²) in [5, 5.41) is 15.1. The number of hydrogen-bond acceptors (Lipinski definition) is 2. The third-order valence-electron chi connectivity index (χ3n) is 10.5. The molecule has 3 nitrogen and oxygen atoms in total. The van der Waals surface area contributed by atoms with Crippen molar-refractivity contribution in [3.63, 3.8) is 0 Å². The number of benzene rings is 8. The van der Waals surface area contributed by atoms with Gasteiger partial charge in [-0.1, -0.05) is 115 Å². The molecule has 0 radical (unpaired) electrons. The molecule has 228 valence electrons. The Hall–Kier alpha value is -6.45. The molecule has 0 spiro atoms. The van der Waals surface area contributed by atoms with E-state index in [1.165, 1.54) is 76.6 Å². The Bertz CT molecular complexity index is 3020. The highest BCUT2D eigenvalue weighted by atomic mass is 15.0. The monoisotopic (exact) mass is 623 g/mol. The molecular weight excluding hydrogens is 595 g/mol. The van der Waals surface area contributed by atoms with Gasteiger partial charge in [-0.2, -0.15) is 0 Å². The summed E-state index contributed by atoms with van der Waals surface area (Å²) < 4.78 is 2.33. The lowest BCUT2D eigenvalue weighted by Gasteiger charge is -2.19. The number of nitrogens with zero attached hydrogens (tertiary/aromatic N) is 2. The SMILES string of the molecule is C1=Cc2ccc3c(c2NC1)c1cc(-c2cccc(-c4ccc5c6ccccc6c6ccccc6c5c4)c2)ccc1n1c2ccccc2nc31. The molecule has 0 bridgehead atoms. The maximum absolute atomic E-state index is 5.14. The number of para-hydroxylation sites is 2. The molecule has 0 unspecified atom stereocenters. The van der Waals surface area contributed by atoms with Crippen LogP contribution >= 0.6 is 0 Å². The van der Waals surface area contributed by atoms with Crippen LogP contribution in [0.1, 0.15) is 5.56 Å². The normalized spacial score (nSPS) is 12.9. The Morgan fingerprint density at radius 1 is 0.469 bits per heavy atom. The molecule has 3 heterocycles. The zero-order chi connectivity index (χ0) is 32.1. The molecule has 0 atom stereocenters.